The molecular weight excluding hydrogens is 348 g/mol. The van der Waals surface area contributed by atoms with E-state index >= 15 is 0 Å². The Morgan fingerprint density at radius 3 is 2.58 bits per heavy atom. The van der Waals surface area contributed by atoms with E-state index < -0.39 is 0 Å². The number of nitrogens with zero attached hydrogens (tertiary/aromatic N) is 1. The lowest BCUT2D eigenvalue weighted by molar-refractivity contribution is -0.125. The van der Waals surface area contributed by atoms with E-state index in [1.807, 2.05) is 18.2 Å². The maximum absolute atomic E-state index is 12.9. The molecule has 4 nitrogen and oxygen atoms in total. The van der Waals surface area contributed by atoms with Crippen LogP contribution in [-0.2, 0) is 11.2 Å². The van der Waals surface area contributed by atoms with Crippen LogP contribution >= 0.6 is 11.6 Å². The summed E-state index contributed by atoms with van der Waals surface area (Å²) in [7, 11) is 0. The van der Waals surface area contributed by atoms with Crippen molar-refractivity contribution in [2.45, 2.75) is 12.8 Å². The first-order chi connectivity index (χ1) is 12.6. The zero-order valence-corrected chi connectivity index (χ0v) is 15.2. The maximum Gasteiger partial charge on any atom is 0.277 e. The smallest absolute Gasteiger partial charge is 0.277 e. The molecule has 1 aliphatic rings. The summed E-state index contributed by atoms with van der Waals surface area (Å²) in [6.07, 6.45) is 2.84. The monoisotopic (exact) mass is 369 g/mol. The van der Waals surface area contributed by atoms with Gasteiger partial charge in [0.25, 0.3) is 11.7 Å². The van der Waals surface area contributed by atoms with Gasteiger partial charge in [-0.3, -0.25) is 4.79 Å². The summed E-state index contributed by atoms with van der Waals surface area (Å²) in [5.41, 5.74) is 1.83. The molecule has 0 aromatic heterocycles. The number of amides is 1. The van der Waals surface area contributed by atoms with Crippen molar-refractivity contribution in [1.82, 2.24) is 4.90 Å². The van der Waals surface area contributed by atoms with E-state index in [4.69, 9.17) is 22.1 Å². The number of rotatable bonds is 5. The van der Waals surface area contributed by atoms with Crippen LogP contribution in [0.4, 0.5) is 0 Å². The Bertz CT molecular complexity index is 833. The normalized spacial score (nSPS) is 17.7. The largest absolute Gasteiger partial charge is 0.592 e. The highest BCUT2D eigenvalue weighted by molar-refractivity contribution is 6.32. The van der Waals surface area contributed by atoms with Gasteiger partial charge < -0.3 is 15.4 Å². The third-order valence-corrected chi connectivity index (χ3v) is 5.06. The molecule has 1 unspecified atom stereocenters. The fourth-order valence-electron chi connectivity index (χ4n) is 3.35. The number of hydrogen-bond acceptors (Lipinski definition) is 2. The SMILES string of the molecule is N=C/C(C(=O)N1CCC(Cc2ccccc2)C1)=C(\[OH2+])c1ccccc1Cl. The summed E-state index contributed by atoms with van der Waals surface area (Å²) in [4.78, 5) is 14.6. The van der Waals surface area contributed by atoms with Crippen LogP contribution in [0.1, 0.15) is 17.5 Å². The van der Waals surface area contributed by atoms with Crippen molar-refractivity contribution < 1.29 is 9.90 Å². The van der Waals surface area contributed by atoms with Gasteiger partial charge in [-0.25, -0.2) is 0 Å². The highest BCUT2D eigenvalue weighted by atomic mass is 35.5. The van der Waals surface area contributed by atoms with Gasteiger partial charge in [-0.15, -0.1) is 0 Å². The lowest BCUT2D eigenvalue weighted by atomic mass is 9.99. The minimum absolute atomic E-state index is 0.00195. The van der Waals surface area contributed by atoms with E-state index in [0.717, 1.165) is 19.1 Å². The fraction of sp³-hybridized carbons (Fsp3) is 0.238. The highest BCUT2D eigenvalue weighted by Crippen LogP contribution is 2.27. The second-order valence-electron chi connectivity index (χ2n) is 6.51. The molecule has 2 aromatic rings. The molecule has 2 aromatic carbocycles. The first kappa shape index (κ1) is 18.2. The van der Waals surface area contributed by atoms with Crippen LogP contribution in [0.25, 0.3) is 5.76 Å². The topological polar surface area (TPSA) is 67.1 Å². The molecule has 0 bridgehead atoms. The van der Waals surface area contributed by atoms with Gasteiger partial charge in [0.15, 0.2) is 5.57 Å². The zero-order chi connectivity index (χ0) is 18.5. The fourth-order valence-corrected chi connectivity index (χ4v) is 3.58. The summed E-state index contributed by atoms with van der Waals surface area (Å²) < 4.78 is 0. The molecule has 1 amide bonds. The predicted molar refractivity (Wildman–Crippen MR) is 106 cm³/mol. The van der Waals surface area contributed by atoms with Crippen LogP contribution < -0.4 is 0 Å². The molecule has 26 heavy (non-hydrogen) atoms. The lowest BCUT2D eigenvalue weighted by Gasteiger charge is -2.17. The zero-order valence-electron chi connectivity index (χ0n) is 14.4. The molecule has 1 aliphatic heterocycles. The quantitative estimate of drug-likeness (QED) is 0.372. The highest BCUT2D eigenvalue weighted by Gasteiger charge is 2.31. The summed E-state index contributed by atoms with van der Waals surface area (Å²) >= 11 is 6.14. The molecule has 0 radical (unpaired) electrons. The van der Waals surface area contributed by atoms with E-state index in [0.29, 0.717) is 29.6 Å². The van der Waals surface area contributed by atoms with Crippen molar-refractivity contribution in [3.05, 3.63) is 76.3 Å². The van der Waals surface area contributed by atoms with Gasteiger partial charge in [0, 0.05) is 19.3 Å². The second-order valence-corrected chi connectivity index (χ2v) is 6.92. The van der Waals surface area contributed by atoms with E-state index in [1.54, 1.807) is 29.2 Å². The molecule has 0 spiro atoms. The average Bonchev–Trinajstić information content (AvgIpc) is 3.12. The van der Waals surface area contributed by atoms with Gasteiger partial charge in [0.2, 0.25) is 0 Å². The number of hydrogen-bond donors (Lipinski definition) is 1. The van der Waals surface area contributed by atoms with Crippen LogP contribution in [0.5, 0.6) is 0 Å². The maximum atomic E-state index is 12.9. The molecule has 3 N–H and O–H groups in total. The van der Waals surface area contributed by atoms with Gasteiger partial charge in [-0.1, -0.05) is 54.1 Å². The molecule has 0 aliphatic carbocycles. The predicted octanol–water partition coefficient (Wildman–Crippen LogP) is 3.52. The third-order valence-electron chi connectivity index (χ3n) is 4.73. The molecule has 0 saturated carbocycles. The van der Waals surface area contributed by atoms with Crippen LogP contribution in [0.3, 0.4) is 0 Å². The molecule has 5 heteroatoms. The number of likely N-dealkylation sites (tertiary alicyclic amines) is 1. The van der Waals surface area contributed by atoms with Crippen molar-refractivity contribution in [3.8, 4) is 0 Å². The van der Waals surface area contributed by atoms with Crippen LogP contribution in [-0.4, -0.2) is 35.2 Å². The first-order valence-corrected chi connectivity index (χ1v) is 9.02. The lowest BCUT2D eigenvalue weighted by Crippen LogP contribution is -2.31. The van der Waals surface area contributed by atoms with E-state index in [9.17, 15) is 4.79 Å². The Hall–Kier alpha value is -2.59. The van der Waals surface area contributed by atoms with Gasteiger partial charge in [-0.2, -0.15) is 0 Å². The summed E-state index contributed by atoms with van der Waals surface area (Å²) in [6, 6.07) is 17.2. The standard InChI is InChI=1S/C21H21ClN2O2/c22-19-9-5-4-8-17(19)20(25)18(13-23)21(26)24-11-10-16(14-24)12-15-6-2-1-3-7-15/h1-9,13,16,23,25H,10-12,14H2/p+1/b20-18+,23-13?. The third kappa shape index (κ3) is 3.97. The summed E-state index contributed by atoms with van der Waals surface area (Å²) in [5.74, 6) is 0.144. The van der Waals surface area contributed by atoms with Crippen LogP contribution in [0.2, 0.25) is 5.02 Å². The van der Waals surface area contributed by atoms with Crippen LogP contribution in [0.15, 0.2) is 60.2 Å². The second kappa shape index (κ2) is 8.19. The van der Waals surface area contributed by atoms with Crippen molar-refractivity contribution in [1.29, 1.82) is 5.41 Å². The minimum atomic E-state index is -0.263. The van der Waals surface area contributed by atoms with E-state index in [-0.39, 0.29) is 17.2 Å². The molecule has 3 rings (SSSR count). The number of carbonyl (C=O) groups excluding carboxylic acids is 1. The minimum Gasteiger partial charge on any atom is -0.592 e. The molecular formula is C21H22ClN2O2+. The van der Waals surface area contributed by atoms with Crippen molar-refractivity contribution >= 4 is 29.5 Å². The van der Waals surface area contributed by atoms with Crippen molar-refractivity contribution in [2.24, 2.45) is 5.92 Å². The Morgan fingerprint density at radius 2 is 1.88 bits per heavy atom. The molecule has 134 valence electrons. The van der Waals surface area contributed by atoms with Crippen molar-refractivity contribution in [2.75, 3.05) is 13.1 Å². The summed E-state index contributed by atoms with van der Waals surface area (Å²) in [6.45, 7) is 1.31. The number of halogens is 1. The van der Waals surface area contributed by atoms with Gasteiger partial charge in [-0.05, 0) is 36.5 Å². The molecule has 1 fully saturated rings. The molecule has 1 heterocycles. The Labute approximate surface area is 158 Å². The van der Waals surface area contributed by atoms with E-state index in [2.05, 4.69) is 12.1 Å². The number of carbonyl (C=O) groups is 1. The molecule has 1 atom stereocenters. The van der Waals surface area contributed by atoms with Gasteiger partial charge >= 0.3 is 0 Å². The Kier molecular flexibility index (Phi) is 5.74. The average molecular weight is 370 g/mol. The van der Waals surface area contributed by atoms with Gasteiger partial charge in [0.05, 0.1) is 10.6 Å². The number of benzene rings is 2. The van der Waals surface area contributed by atoms with Gasteiger partial charge in [0.1, 0.15) is 0 Å². The summed E-state index contributed by atoms with van der Waals surface area (Å²) in [5, 5.41) is 16.4. The Morgan fingerprint density at radius 1 is 1.19 bits per heavy atom. The van der Waals surface area contributed by atoms with E-state index in [1.165, 1.54) is 5.56 Å². The Balaban J connectivity index is 1.74. The molecule has 1 saturated heterocycles. The van der Waals surface area contributed by atoms with Crippen LogP contribution in [0, 0.1) is 11.3 Å². The first-order valence-electron chi connectivity index (χ1n) is 8.64. The number of nitrogens with one attached hydrogen (secondary N) is 1. The van der Waals surface area contributed by atoms with Crippen molar-refractivity contribution in [3.63, 3.8) is 0 Å².